The lowest BCUT2D eigenvalue weighted by Crippen LogP contribution is -2.25. The minimum absolute atomic E-state index is 0.00692. The number of thiophene rings is 1. The second-order valence-corrected chi connectivity index (χ2v) is 7.98. The van der Waals surface area contributed by atoms with Crippen molar-refractivity contribution in [1.82, 2.24) is 14.5 Å². The first-order chi connectivity index (χ1) is 12.6. The van der Waals surface area contributed by atoms with Crippen LogP contribution in [0, 0.1) is 0 Å². The molecule has 0 amide bonds. The second-order valence-electron chi connectivity index (χ2n) is 6.09. The van der Waals surface area contributed by atoms with Crippen molar-refractivity contribution < 1.29 is 4.42 Å². The SMILES string of the molecule is CC(C)n1c(SCc2coc(-c3cccs3)n2)nc2ccccc2c1=O. The Morgan fingerprint density at radius 3 is 2.81 bits per heavy atom. The number of para-hydroxylation sites is 1. The van der Waals surface area contributed by atoms with Crippen LogP contribution in [0.3, 0.4) is 0 Å². The smallest absolute Gasteiger partial charge is 0.262 e. The Labute approximate surface area is 158 Å². The Morgan fingerprint density at radius 2 is 2.04 bits per heavy atom. The second kappa shape index (κ2) is 7.09. The van der Waals surface area contributed by atoms with Gasteiger partial charge in [0.15, 0.2) is 5.16 Å². The van der Waals surface area contributed by atoms with Crippen LogP contribution >= 0.6 is 23.1 Å². The lowest BCUT2D eigenvalue weighted by molar-refractivity contribution is 0.519. The Bertz CT molecular complexity index is 1100. The Balaban J connectivity index is 1.65. The maximum atomic E-state index is 12.8. The third-order valence-corrected chi connectivity index (χ3v) is 5.77. The summed E-state index contributed by atoms with van der Waals surface area (Å²) in [6, 6.07) is 11.4. The summed E-state index contributed by atoms with van der Waals surface area (Å²) in [5.74, 6) is 1.22. The van der Waals surface area contributed by atoms with Gasteiger partial charge in [-0.25, -0.2) is 9.97 Å². The molecule has 1 aromatic carbocycles. The van der Waals surface area contributed by atoms with Crippen LogP contribution in [0.25, 0.3) is 21.7 Å². The van der Waals surface area contributed by atoms with Gasteiger partial charge in [-0.2, -0.15) is 0 Å². The van der Waals surface area contributed by atoms with E-state index in [0.717, 1.165) is 16.1 Å². The van der Waals surface area contributed by atoms with Gasteiger partial charge in [0.25, 0.3) is 5.56 Å². The number of hydrogen-bond donors (Lipinski definition) is 0. The van der Waals surface area contributed by atoms with Gasteiger partial charge in [0, 0.05) is 11.8 Å². The van der Waals surface area contributed by atoms with Crippen LogP contribution in [0.15, 0.2) is 62.4 Å². The van der Waals surface area contributed by atoms with E-state index in [2.05, 4.69) is 4.98 Å². The fourth-order valence-electron chi connectivity index (χ4n) is 2.71. The first kappa shape index (κ1) is 17.1. The summed E-state index contributed by atoms with van der Waals surface area (Å²) in [6.45, 7) is 3.99. The molecule has 0 unspecified atom stereocenters. The largest absolute Gasteiger partial charge is 0.444 e. The Morgan fingerprint density at radius 1 is 1.19 bits per heavy atom. The molecule has 26 heavy (non-hydrogen) atoms. The van der Waals surface area contributed by atoms with Gasteiger partial charge in [-0.3, -0.25) is 9.36 Å². The molecule has 0 saturated carbocycles. The standard InChI is InChI=1S/C19H17N3O2S2/c1-12(2)22-18(23)14-6-3-4-7-15(14)21-19(22)26-11-13-10-24-17(20-13)16-8-5-9-25-16/h3-10,12H,11H2,1-2H3. The van der Waals surface area contributed by atoms with E-state index in [1.165, 1.54) is 11.8 Å². The monoisotopic (exact) mass is 383 g/mol. The highest BCUT2D eigenvalue weighted by Gasteiger charge is 2.15. The molecule has 0 N–H and O–H groups in total. The van der Waals surface area contributed by atoms with E-state index < -0.39 is 0 Å². The van der Waals surface area contributed by atoms with Gasteiger partial charge >= 0.3 is 0 Å². The molecule has 0 aliphatic carbocycles. The molecule has 4 rings (SSSR count). The number of fused-ring (bicyclic) bond motifs is 1. The highest BCUT2D eigenvalue weighted by atomic mass is 32.2. The summed E-state index contributed by atoms with van der Waals surface area (Å²) >= 11 is 3.09. The molecule has 0 saturated heterocycles. The van der Waals surface area contributed by atoms with Gasteiger partial charge in [-0.1, -0.05) is 30.0 Å². The quantitative estimate of drug-likeness (QED) is 0.359. The molecular weight excluding hydrogens is 366 g/mol. The zero-order valence-corrected chi connectivity index (χ0v) is 16.0. The molecule has 3 aromatic heterocycles. The van der Waals surface area contributed by atoms with Crippen molar-refractivity contribution in [1.29, 1.82) is 0 Å². The minimum atomic E-state index is -0.00692. The molecule has 5 nitrogen and oxygen atoms in total. The van der Waals surface area contributed by atoms with E-state index in [4.69, 9.17) is 9.40 Å². The molecule has 132 valence electrons. The molecule has 0 atom stereocenters. The predicted octanol–water partition coefficient (Wildman–Crippen LogP) is 4.99. The number of rotatable bonds is 5. The Hall–Kier alpha value is -2.38. The average molecular weight is 383 g/mol. The summed E-state index contributed by atoms with van der Waals surface area (Å²) in [5.41, 5.74) is 1.54. The minimum Gasteiger partial charge on any atom is -0.444 e. The molecule has 4 aromatic rings. The van der Waals surface area contributed by atoms with Crippen molar-refractivity contribution in [2.75, 3.05) is 0 Å². The number of benzene rings is 1. The topological polar surface area (TPSA) is 60.9 Å². The highest BCUT2D eigenvalue weighted by Crippen LogP contribution is 2.27. The van der Waals surface area contributed by atoms with Gasteiger partial charge in [0.05, 0.1) is 21.5 Å². The lowest BCUT2D eigenvalue weighted by Gasteiger charge is -2.15. The first-order valence-corrected chi connectivity index (χ1v) is 10.1. The van der Waals surface area contributed by atoms with Gasteiger partial charge in [-0.05, 0) is 37.4 Å². The summed E-state index contributed by atoms with van der Waals surface area (Å²) in [7, 11) is 0. The van der Waals surface area contributed by atoms with Crippen molar-refractivity contribution >= 4 is 34.0 Å². The summed E-state index contributed by atoms with van der Waals surface area (Å²) in [4.78, 5) is 23.1. The zero-order chi connectivity index (χ0) is 18.1. The number of aromatic nitrogens is 3. The van der Waals surface area contributed by atoms with Crippen LogP contribution < -0.4 is 5.56 Å². The van der Waals surface area contributed by atoms with E-state index in [-0.39, 0.29) is 11.6 Å². The van der Waals surface area contributed by atoms with E-state index in [1.54, 1.807) is 22.2 Å². The van der Waals surface area contributed by atoms with Crippen LogP contribution in [-0.2, 0) is 5.75 Å². The fourth-order valence-corrected chi connectivity index (χ4v) is 4.37. The zero-order valence-electron chi connectivity index (χ0n) is 14.4. The molecule has 7 heteroatoms. The summed E-state index contributed by atoms with van der Waals surface area (Å²) in [6.07, 6.45) is 1.67. The number of oxazole rings is 1. The van der Waals surface area contributed by atoms with E-state index >= 15 is 0 Å². The van der Waals surface area contributed by atoms with Crippen molar-refractivity contribution in [2.45, 2.75) is 30.8 Å². The fraction of sp³-hybridized carbons (Fsp3) is 0.211. The van der Waals surface area contributed by atoms with Gasteiger partial charge in [-0.15, -0.1) is 11.3 Å². The van der Waals surface area contributed by atoms with E-state index in [0.29, 0.717) is 22.2 Å². The van der Waals surface area contributed by atoms with Crippen molar-refractivity contribution in [2.24, 2.45) is 0 Å². The molecular formula is C19H17N3O2S2. The van der Waals surface area contributed by atoms with Gasteiger partial charge in [0.2, 0.25) is 5.89 Å². The van der Waals surface area contributed by atoms with Crippen molar-refractivity contribution in [3.8, 4) is 10.8 Å². The van der Waals surface area contributed by atoms with Crippen LogP contribution in [0.1, 0.15) is 25.6 Å². The van der Waals surface area contributed by atoms with Crippen molar-refractivity contribution in [3.05, 3.63) is 64.1 Å². The van der Waals surface area contributed by atoms with Crippen LogP contribution in [0.4, 0.5) is 0 Å². The molecule has 0 spiro atoms. The summed E-state index contributed by atoms with van der Waals surface area (Å²) < 4.78 is 7.31. The van der Waals surface area contributed by atoms with Gasteiger partial charge in [0.1, 0.15) is 6.26 Å². The number of hydrogen-bond acceptors (Lipinski definition) is 6. The Kier molecular flexibility index (Phi) is 4.65. The third-order valence-electron chi connectivity index (χ3n) is 3.92. The van der Waals surface area contributed by atoms with Crippen LogP contribution in [-0.4, -0.2) is 14.5 Å². The summed E-state index contributed by atoms with van der Waals surface area (Å²) in [5, 5.41) is 3.34. The average Bonchev–Trinajstić information content (AvgIpc) is 3.31. The molecule has 0 bridgehead atoms. The molecule has 3 heterocycles. The molecule has 0 radical (unpaired) electrons. The highest BCUT2D eigenvalue weighted by molar-refractivity contribution is 7.98. The molecule has 0 aliphatic rings. The number of thioether (sulfide) groups is 1. The molecule has 0 fully saturated rings. The lowest BCUT2D eigenvalue weighted by atomic mass is 10.2. The predicted molar refractivity (Wildman–Crippen MR) is 106 cm³/mol. The van der Waals surface area contributed by atoms with Crippen molar-refractivity contribution in [3.63, 3.8) is 0 Å². The van der Waals surface area contributed by atoms with Crippen LogP contribution in [0.2, 0.25) is 0 Å². The van der Waals surface area contributed by atoms with E-state index in [9.17, 15) is 4.79 Å². The maximum absolute atomic E-state index is 12.8. The molecule has 0 aliphatic heterocycles. The van der Waals surface area contributed by atoms with Gasteiger partial charge < -0.3 is 4.42 Å². The maximum Gasteiger partial charge on any atom is 0.262 e. The first-order valence-electron chi connectivity index (χ1n) is 8.26. The normalized spacial score (nSPS) is 11.5. The van der Waals surface area contributed by atoms with Crippen LogP contribution in [0.5, 0.6) is 0 Å². The van der Waals surface area contributed by atoms with E-state index in [1.807, 2.05) is 55.6 Å². The number of nitrogens with zero attached hydrogens (tertiary/aromatic N) is 3. The third kappa shape index (κ3) is 3.20.